The van der Waals surface area contributed by atoms with Crippen LogP contribution in [0.25, 0.3) is 10.2 Å². The molecule has 3 heterocycles. The summed E-state index contributed by atoms with van der Waals surface area (Å²) in [6.45, 7) is 0. The van der Waals surface area contributed by atoms with Crippen molar-refractivity contribution in [3.63, 3.8) is 0 Å². The Balaban J connectivity index is 1.26. The molecule has 0 atom stereocenters. The summed E-state index contributed by atoms with van der Waals surface area (Å²) in [6, 6.07) is 12.3. The van der Waals surface area contributed by atoms with E-state index in [2.05, 4.69) is 20.5 Å². The molecule has 1 saturated carbocycles. The van der Waals surface area contributed by atoms with Gasteiger partial charge in [0.2, 0.25) is 11.1 Å². The summed E-state index contributed by atoms with van der Waals surface area (Å²) in [5.74, 6) is 0.749. The smallest absolute Gasteiger partial charge is 0.229 e. The summed E-state index contributed by atoms with van der Waals surface area (Å²) >= 11 is 2.94. The molecule has 0 unspecified atom stereocenters. The van der Waals surface area contributed by atoms with E-state index in [1.54, 1.807) is 16.8 Å². The van der Waals surface area contributed by atoms with Crippen LogP contribution < -0.4 is 5.32 Å². The molecule has 2 aromatic carbocycles. The third kappa shape index (κ3) is 3.80. The van der Waals surface area contributed by atoms with Crippen molar-refractivity contribution in [1.29, 1.82) is 0 Å². The van der Waals surface area contributed by atoms with E-state index in [0.29, 0.717) is 10.3 Å². The van der Waals surface area contributed by atoms with Gasteiger partial charge in [-0.15, -0.1) is 10.2 Å². The normalized spacial score (nSPS) is 15.5. The number of hydrogen-bond donors (Lipinski definition) is 1. The number of anilines is 1. The lowest BCUT2D eigenvalue weighted by molar-refractivity contribution is -0.117. The monoisotopic (exact) mass is 464 g/mol. The Labute approximate surface area is 190 Å². The third-order valence-electron chi connectivity index (χ3n) is 5.41. The molecule has 1 fully saturated rings. The predicted octanol–water partition coefficient (Wildman–Crippen LogP) is 4.73. The van der Waals surface area contributed by atoms with E-state index >= 15 is 0 Å². The molecule has 2 aromatic heterocycles. The second kappa shape index (κ2) is 7.79. The van der Waals surface area contributed by atoms with Gasteiger partial charge in [-0.3, -0.25) is 4.79 Å². The van der Waals surface area contributed by atoms with Crippen molar-refractivity contribution in [3.8, 4) is 0 Å². The zero-order valence-corrected chi connectivity index (χ0v) is 18.4. The number of amides is 1. The highest BCUT2D eigenvalue weighted by Crippen LogP contribution is 2.35. The van der Waals surface area contributed by atoms with Crippen LogP contribution in [0, 0.1) is 11.7 Å². The number of halogens is 1. The van der Waals surface area contributed by atoms with Gasteiger partial charge >= 0.3 is 0 Å². The number of aromatic nitrogens is 4. The van der Waals surface area contributed by atoms with Crippen molar-refractivity contribution < 1.29 is 9.18 Å². The first-order valence-corrected chi connectivity index (χ1v) is 11.9. The standard InChI is InChI=1S/C22H17FN6OS2/c23-14-5-3-12(4-6-14)16-9-10-19-26-27-22(29(19)28-16)31-15-7-8-17-18(11-15)32-21(24-17)25-20(30)13-1-2-13/h3-8,11,13H,1-2,9-10H2,(H,24,25,30). The number of carbonyl (C=O) groups excluding carboxylic acids is 1. The molecule has 1 aliphatic heterocycles. The summed E-state index contributed by atoms with van der Waals surface area (Å²) in [5, 5.41) is 17.6. The minimum atomic E-state index is -0.264. The third-order valence-corrected chi connectivity index (χ3v) is 7.27. The topological polar surface area (TPSA) is 85.1 Å². The van der Waals surface area contributed by atoms with E-state index in [0.717, 1.165) is 57.9 Å². The number of hydrogen-bond acceptors (Lipinski definition) is 7. The van der Waals surface area contributed by atoms with Crippen LogP contribution in [0.5, 0.6) is 0 Å². The molecular weight excluding hydrogens is 447 g/mol. The molecule has 0 radical (unpaired) electrons. The Bertz CT molecular complexity index is 1370. The SMILES string of the molecule is O=C(Nc1nc2ccc(Sc3nnc4n3N=C(c3ccc(F)cc3)CC4)cc2s1)C1CC1. The van der Waals surface area contributed by atoms with Crippen LogP contribution in [0.3, 0.4) is 0 Å². The minimum absolute atomic E-state index is 0.0589. The number of nitrogens with one attached hydrogen (secondary N) is 1. The van der Waals surface area contributed by atoms with Gasteiger partial charge in [0.25, 0.3) is 0 Å². The molecule has 7 nitrogen and oxygen atoms in total. The predicted molar refractivity (Wildman–Crippen MR) is 122 cm³/mol. The Morgan fingerprint density at radius 1 is 1.12 bits per heavy atom. The number of carbonyl (C=O) groups is 1. The zero-order valence-electron chi connectivity index (χ0n) is 16.8. The molecular formula is C22H17FN6OS2. The van der Waals surface area contributed by atoms with Crippen LogP contribution in [0.2, 0.25) is 0 Å². The van der Waals surface area contributed by atoms with Gasteiger partial charge in [0.15, 0.2) is 11.0 Å². The molecule has 6 rings (SSSR count). The lowest BCUT2D eigenvalue weighted by atomic mass is 10.0. The van der Waals surface area contributed by atoms with E-state index in [-0.39, 0.29) is 17.6 Å². The molecule has 1 N–H and O–H groups in total. The second-order valence-corrected chi connectivity index (χ2v) is 9.85. The van der Waals surface area contributed by atoms with Crippen LogP contribution in [-0.2, 0) is 11.2 Å². The minimum Gasteiger partial charge on any atom is -0.302 e. The number of thiazole rings is 1. The molecule has 2 aliphatic rings. The molecule has 0 spiro atoms. The van der Waals surface area contributed by atoms with E-state index in [4.69, 9.17) is 5.10 Å². The van der Waals surface area contributed by atoms with Crippen LogP contribution in [-0.4, -0.2) is 31.5 Å². The van der Waals surface area contributed by atoms with Gasteiger partial charge in [-0.1, -0.05) is 23.5 Å². The molecule has 1 aliphatic carbocycles. The Kier molecular flexibility index (Phi) is 4.76. The summed E-state index contributed by atoms with van der Waals surface area (Å²) in [7, 11) is 0. The molecule has 10 heteroatoms. The number of aryl methyl sites for hydroxylation is 1. The first-order valence-electron chi connectivity index (χ1n) is 10.3. The molecule has 32 heavy (non-hydrogen) atoms. The Hall–Kier alpha value is -3.11. The number of rotatable bonds is 5. The summed E-state index contributed by atoms with van der Waals surface area (Å²) in [5.41, 5.74) is 2.63. The fourth-order valence-electron chi connectivity index (χ4n) is 3.54. The maximum absolute atomic E-state index is 13.3. The van der Waals surface area contributed by atoms with Crippen LogP contribution in [0.1, 0.15) is 30.7 Å². The lowest BCUT2D eigenvalue weighted by Crippen LogP contribution is -2.15. The van der Waals surface area contributed by atoms with Crippen LogP contribution in [0.15, 0.2) is 57.6 Å². The van der Waals surface area contributed by atoms with Gasteiger partial charge < -0.3 is 5.32 Å². The number of benzene rings is 2. The summed E-state index contributed by atoms with van der Waals surface area (Å²) in [6.07, 6.45) is 3.38. The van der Waals surface area contributed by atoms with Gasteiger partial charge in [-0.05, 0) is 66.9 Å². The van der Waals surface area contributed by atoms with Gasteiger partial charge in [0.05, 0.1) is 15.9 Å². The highest BCUT2D eigenvalue weighted by atomic mass is 32.2. The van der Waals surface area contributed by atoms with E-state index < -0.39 is 0 Å². The van der Waals surface area contributed by atoms with Crippen molar-refractivity contribution in [2.75, 3.05) is 5.32 Å². The highest BCUT2D eigenvalue weighted by Gasteiger charge is 2.30. The fraction of sp³-hybridized carbons (Fsp3) is 0.227. The largest absolute Gasteiger partial charge is 0.302 e. The lowest BCUT2D eigenvalue weighted by Gasteiger charge is -2.14. The van der Waals surface area contributed by atoms with Gasteiger partial charge in [-0.2, -0.15) is 9.78 Å². The van der Waals surface area contributed by atoms with Crippen molar-refractivity contribution in [1.82, 2.24) is 19.9 Å². The summed E-state index contributed by atoms with van der Waals surface area (Å²) in [4.78, 5) is 17.5. The maximum atomic E-state index is 13.3. The van der Waals surface area contributed by atoms with Gasteiger partial charge in [-0.25, -0.2) is 9.37 Å². The van der Waals surface area contributed by atoms with Crippen LogP contribution in [0.4, 0.5) is 9.52 Å². The van der Waals surface area contributed by atoms with Gasteiger partial charge in [0, 0.05) is 17.2 Å². The zero-order chi connectivity index (χ0) is 21.7. The Morgan fingerprint density at radius 2 is 1.97 bits per heavy atom. The van der Waals surface area contributed by atoms with Crippen molar-refractivity contribution >= 4 is 50.1 Å². The van der Waals surface area contributed by atoms with E-state index in [1.807, 2.05) is 18.2 Å². The molecule has 0 bridgehead atoms. The van der Waals surface area contributed by atoms with E-state index in [9.17, 15) is 9.18 Å². The first kappa shape index (κ1) is 19.6. The summed E-state index contributed by atoms with van der Waals surface area (Å²) < 4.78 is 16.0. The van der Waals surface area contributed by atoms with Crippen molar-refractivity contribution in [2.24, 2.45) is 11.0 Å². The molecule has 1 amide bonds. The average molecular weight is 465 g/mol. The Morgan fingerprint density at radius 3 is 2.78 bits per heavy atom. The number of fused-ring (bicyclic) bond motifs is 2. The van der Waals surface area contributed by atoms with Crippen molar-refractivity contribution in [2.45, 2.75) is 35.7 Å². The van der Waals surface area contributed by atoms with E-state index in [1.165, 1.54) is 35.2 Å². The molecule has 160 valence electrons. The van der Waals surface area contributed by atoms with Gasteiger partial charge in [0.1, 0.15) is 5.82 Å². The van der Waals surface area contributed by atoms with Crippen molar-refractivity contribution in [3.05, 3.63) is 59.7 Å². The highest BCUT2D eigenvalue weighted by molar-refractivity contribution is 7.99. The van der Waals surface area contributed by atoms with Crippen LogP contribution >= 0.6 is 23.1 Å². The molecule has 4 aromatic rings. The quantitative estimate of drug-likeness (QED) is 0.462. The molecule has 0 saturated heterocycles. The fourth-order valence-corrected chi connectivity index (χ4v) is 5.36. The average Bonchev–Trinajstić information content (AvgIpc) is 3.47. The second-order valence-electron chi connectivity index (χ2n) is 7.78. The first-order chi connectivity index (χ1) is 15.6. The number of nitrogens with zero attached hydrogens (tertiary/aromatic N) is 5. The maximum Gasteiger partial charge on any atom is 0.229 e.